The Morgan fingerprint density at radius 2 is 2.12 bits per heavy atom. The predicted molar refractivity (Wildman–Crippen MR) is 99.6 cm³/mol. The lowest BCUT2D eigenvalue weighted by Crippen LogP contribution is -2.40. The van der Waals surface area contributed by atoms with Crippen LogP contribution in [0.25, 0.3) is 0 Å². The van der Waals surface area contributed by atoms with E-state index in [2.05, 4.69) is 10.4 Å². The van der Waals surface area contributed by atoms with E-state index in [9.17, 15) is 4.79 Å². The Labute approximate surface area is 154 Å². The Kier molecular flexibility index (Phi) is 6.84. The first-order valence-electron chi connectivity index (χ1n) is 8.32. The number of methoxy groups -OCH3 is 1. The first-order valence-corrected chi connectivity index (χ1v) is 8.32. The van der Waals surface area contributed by atoms with Gasteiger partial charge in [0.25, 0.3) is 5.91 Å². The van der Waals surface area contributed by atoms with Crippen LogP contribution in [0.15, 0.2) is 36.7 Å². The minimum Gasteiger partial charge on any atom is -0.497 e. The summed E-state index contributed by atoms with van der Waals surface area (Å²) in [7, 11) is 3.58. The van der Waals surface area contributed by atoms with E-state index in [-0.39, 0.29) is 24.4 Å². The average molecular weight is 365 g/mol. The zero-order valence-electron chi connectivity index (χ0n) is 14.6. The van der Waals surface area contributed by atoms with Gasteiger partial charge in [0.15, 0.2) is 0 Å². The van der Waals surface area contributed by atoms with Gasteiger partial charge in [-0.3, -0.25) is 9.48 Å². The largest absolute Gasteiger partial charge is 0.497 e. The SMILES string of the molecule is CNCC1CCCN1C(=O)c1cnn(Cc2ccc(OC)cc2)c1.Cl. The number of rotatable bonds is 6. The van der Waals surface area contributed by atoms with Crippen LogP contribution in [0.3, 0.4) is 0 Å². The molecule has 6 nitrogen and oxygen atoms in total. The van der Waals surface area contributed by atoms with Crippen molar-refractivity contribution in [2.75, 3.05) is 27.2 Å². The highest BCUT2D eigenvalue weighted by atomic mass is 35.5. The molecular formula is C18H25ClN4O2. The van der Waals surface area contributed by atoms with Crippen LogP contribution < -0.4 is 10.1 Å². The van der Waals surface area contributed by atoms with E-state index >= 15 is 0 Å². The van der Waals surface area contributed by atoms with Crippen molar-refractivity contribution in [3.05, 3.63) is 47.8 Å². The molecule has 1 N–H and O–H groups in total. The number of likely N-dealkylation sites (N-methyl/N-ethyl adjacent to an activating group) is 1. The maximum Gasteiger partial charge on any atom is 0.257 e. The highest BCUT2D eigenvalue weighted by molar-refractivity contribution is 5.94. The van der Waals surface area contributed by atoms with Crippen LogP contribution in [0.2, 0.25) is 0 Å². The molecular weight excluding hydrogens is 340 g/mol. The molecule has 1 amide bonds. The van der Waals surface area contributed by atoms with E-state index in [0.29, 0.717) is 12.1 Å². The fourth-order valence-corrected chi connectivity index (χ4v) is 3.20. The summed E-state index contributed by atoms with van der Waals surface area (Å²) < 4.78 is 6.97. The molecule has 1 fully saturated rings. The lowest BCUT2D eigenvalue weighted by Gasteiger charge is -2.23. The second-order valence-corrected chi connectivity index (χ2v) is 6.13. The van der Waals surface area contributed by atoms with Crippen LogP contribution in [0, 0.1) is 0 Å². The Balaban J connectivity index is 0.00000225. The molecule has 136 valence electrons. The molecule has 1 aromatic heterocycles. The molecule has 1 aliphatic heterocycles. The minimum atomic E-state index is 0. The van der Waals surface area contributed by atoms with E-state index in [1.54, 1.807) is 18.0 Å². The normalized spacial score (nSPS) is 16.6. The molecule has 3 rings (SSSR count). The molecule has 1 aliphatic rings. The van der Waals surface area contributed by atoms with Crippen molar-refractivity contribution in [1.82, 2.24) is 20.0 Å². The summed E-state index contributed by atoms with van der Waals surface area (Å²) in [6.45, 7) is 2.30. The number of halogens is 1. The fraction of sp³-hybridized carbons (Fsp3) is 0.444. The van der Waals surface area contributed by atoms with Gasteiger partial charge >= 0.3 is 0 Å². The van der Waals surface area contributed by atoms with Crippen molar-refractivity contribution in [2.45, 2.75) is 25.4 Å². The number of benzene rings is 1. The first-order chi connectivity index (χ1) is 11.7. The van der Waals surface area contributed by atoms with Crippen molar-refractivity contribution in [3.8, 4) is 5.75 Å². The quantitative estimate of drug-likeness (QED) is 0.853. The number of aromatic nitrogens is 2. The molecule has 2 aromatic rings. The number of nitrogens with zero attached hydrogens (tertiary/aromatic N) is 3. The summed E-state index contributed by atoms with van der Waals surface area (Å²) in [6, 6.07) is 8.15. The van der Waals surface area contributed by atoms with Gasteiger partial charge in [0.05, 0.1) is 25.4 Å². The smallest absolute Gasteiger partial charge is 0.257 e. The molecule has 0 bridgehead atoms. The molecule has 2 heterocycles. The molecule has 0 radical (unpaired) electrons. The summed E-state index contributed by atoms with van der Waals surface area (Å²) in [6.07, 6.45) is 5.63. The van der Waals surface area contributed by atoms with Gasteiger partial charge < -0.3 is 15.0 Å². The van der Waals surface area contributed by atoms with Crippen LogP contribution in [0.5, 0.6) is 5.75 Å². The third-order valence-electron chi connectivity index (χ3n) is 4.46. The highest BCUT2D eigenvalue weighted by Gasteiger charge is 2.29. The Bertz CT molecular complexity index is 687. The molecule has 0 aliphatic carbocycles. The highest BCUT2D eigenvalue weighted by Crippen LogP contribution is 2.20. The van der Waals surface area contributed by atoms with Crippen molar-refractivity contribution in [1.29, 1.82) is 0 Å². The van der Waals surface area contributed by atoms with Gasteiger partial charge in [-0.1, -0.05) is 12.1 Å². The predicted octanol–water partition coefficient (Wildman–Crippen LogP) is 2.19. The number of hydrogen-bond donors (Lipinski definition) is 1. The number of likely N-dealkylation sites (tertiary alicyclic amines) is 1. The summed E-state index contributed by atoms with van der Waals surface area (Å²) >= 11 is 0. The third-order valence-corrected chi connectivity index (χ3v) is 4.46. The summed E-state index contributed by atoms with van der Waals surface area (Å²) in [5, 5.41) is 7.51. The summed E-state index contributed by atoms with van der Waals surface area (Å²) in [4.78, 5) is 14.7. The summed E-state index contributed by atoms with van der Waals surface area (Å²) in [5.74, 6) is 0.911. The summed E-state index contributed by atoms with van der Waals surface area (Å²) in [5.41, 5.74) is 1.78. The maximum absolute atomic E-state index is 12.7. The number of ether oxygens (including phenoxy) is 1. The van der Waals surface area contributed by atoms with Gasteiger partial charge in [-0.2, -0.15) is 5.10 Å². The van der Waals surface area contributed by atoms with Gasteiger partial charge in [-0.25, -0.2) is 0 Å². The average Bonchev–Trinajstić information content (AvgIpc) is 3.25. The van der Waals surface area contributed by atoms with E-state index in [1.807, 2.05) is 42.4 Å². The van der Waals surface area contributed by atoms with Gasteiger partial charge in [0, 0.05) is 25.3 Å². The van der Waals surface area contributed by atoms with E-state index in [0.717, 1.165) is 37.2 Å². The molecule has 25 heavy (non-hydrogen) atoms. The van der Waals surface area contributed by atoms with E-state index in [1.165, 1.54) is 0 Å². The molecule has 1 unspecified atom stereocenters. The number of hydrogen-bond acceptors (Lipinski definition) is 4. The van der Waals surface area contributed by atoms with Crippen LogP contribution in [0.1, 0.15) is 28.8 Å². The van der Waals surface area contributed by atoms with Crippen molar-refractivity contribution >= 4 is 18.3 Å². The zero-order valence-corrected chi connectivity index (χ0v) is 15.5. The number of nitrogens with one attached hydrogen (secondary N) is 1. The molecule has 0 spiro atoms. The fourth-order valence-electron chi connectivity index (χ4n) is 3.20. The minimum absolute atomic E-state index is 0. The lowest BCUT2D eigenvalue weighted by atomic mass is 10.2. The van der Waals surface area contributed by atoms with Crippen LogP contribution in [-0.2, 0) is 6.54 Å². The van der Waals surface area contributed by atoms with Crippen LogP contribution in [-0.4, -0.2) is 53.9 Å². The zero-order chi connectivity index (χ0) is 16.9. The third kappa shape index (κ3) is 4.52. The van der Waals surface area contributed by atoms with E-state index < -0.39 is 0 Å². The van der Waals surface area contributed by atoms with Gasteiger partial charge in [-0.05, 0) is 37.6 Å². The van der Waals surface area contributed by atoms with Crippen LogP contribution >= 0.6 is 12.4 Å². The van der Waals surface area contributed by atoms with E-state index in [4.69, 9.17) is 4.74 Å². The van der Waals surface area contributed by atoms with Gasteiger partial charge in [0.1, 0.15) is 5.75 Å². The van der Waals surface area contributed by atoms with Crippen LogP contribution in [0.4, 0.5) is 0 Å². The maximum atomic E-state index is 12.7. The molecule has 0 saturated carbocycles. The Morgan fingerprint density at radius 1 is 1.36 bits per heavy atom. The second-order valence-electron chi connectivity index (χ2n) is 6.13. The number of amides is 1. The topological polar surface area (TPSA) is 59.4 Å². The monoisotopic (exact) mass is 364 g/mol. The van der Waals surface area contributed by atoms with Gasteiger partial charge in [-0.15, -0.1) is 12.4 Å². The Hall–Kier alpha value is -2.05. The van der Waals surface area contributed by atoms with Crippen molar-refractivity contribution < 1.29 is 9.53 Å². The van der Waals surface area contributed by atoms with Gasteiger partial charge in [0.2, 0.25) is 0 Å². The molecule has 1 aromatic carbocycles. The first kappa shape index (κ1) is 19.3. The van der Waals surface area contributed by atoms with Crippen molar-refractivity contribution in [2.24, 2.45) is 0 Å². The standard InChI is InChI=1S/C18H24N4O2.ClH/c1-19-11-16-4-3-9-22(16)18(23)15-10-20-21(13-15)12-14-5-7-17(24-2)8-6-14;/h5-8,10,13,16,19H,3-4,9,11-12H2,1-2H3;1H. The lowest BCUT2D eigenvalue weighted by molar-refractivity contribution is 0.0737. The second kappa shape index (κ2) is 8.87. The molecule has 1 saturated heterocycles. The molecule has 7 heteroatoms. The van der Waals surface area contributed by atoms with Crippen molar-refractivity contribution in [3.63, 3.8) is 0 Å². The number of carbonyl (C=O) groups excluding carboxylic acids is 1. The molecule has 1 atom stereocenters. The number of carbonyl (C=O) groups is 1. The Morgan fingerprint density at radius 3 is 2.80 bits per heavy atom.